The van der Waals surface area contributed by atoms with E-state index in [0.717, 1.165) is 10.1 Å². The minimum atomic E-state index is -0.498. The number of fused-ring (bicyclic) bond motifs is 2. The number of nitrogens with one attached hydrogen (secondary N) is 2. The SMILES string of the molecule is Cn1c(=O)c2[nH]c(N=Nc3c(O)[nH]c4ccccc34)nc2n(C)c1=O. The van der Waals surface area contributed by atoms with Crippen LogP contribution in [0, 0.1) is 0 Å². The molecule has 25 heavy (non-hydrogen) atoms. The van der Waals surface area contributed by atoms with Crippen molar-refractivity contribution in [3.8, 4) is 5.88 Å². The molecule has 0 saturated carbocycles. The molecule has 10 heteroatoms. The number of nitrogens with zero attached hydrogens (tertiary/aromatic N) is 5. The van der Waals surface area contributed by atoms with Gasteiger partial charge in [-0.05, 0) is 6.07 Å². The largest absolute Gasteiger partial charge is 0.493 e. The molecule has 1 aromatic carbocycles. The second kappa shape index (κ2) is 5.16. The Labute approximate surface area is 139 Å². The molecule has 3 heterocycles. The average molecular weight is 339 g/mol. The van der Waals surface area contributed by atoms with E-state index in [2.05, 4.69) is 25.2 Å². The highest BCUT2D eigenvalue weighted by molar-refractivity contribution is 5.94. The number of rotatable bonds is 2. The summed E-state index contributed by atoms with van der Waals surface area (Å²) in [5.74, 6) is -0.0673. The molecule has 0 unspecified atom stereocenters. The van der Waals surface area contributed by atoms with Crippen molar-refractivity contribution in [3.63, 3.8) is 0 Å². The van der Waals surface area contributed by atoms with Crippen LogP contribution in [-0.2, 0) is 14.1 Å². The van der Waals surface area contributed by atoms with Gasteiger partial charge >= 0.3 is 5.69 Å². The molecule has 0 saturated heterocycles. The van der Waals surface area contributed by atoms with E-state index in [1.807, 2.05) is 12.1 Å². The number of H-pyrrole nitrogens is 2. The molecule has 0 bridgehead atoms. The Morgan fingerprint density at radius 2 is 1.84 bits per heavy atom. The van der Waals surface area contributed by atoms with Gasteiger partial charge in [0.25, 0.3) is 5.56 Å². The smallest absolute Gasteiger partial charge is 0.332 e. The molecule has 0 amide bonds. The second-order valence-electron chi connectivity index (χ2n) is 5.53. The highest BCUT2D eigenvalue weighted by Gasteiger charge is 2.14. The minimum absolute atomic E-state index is 0.0537. The van der Waals surface area contributed by atoms with Crippen LogP contribution in [0.4, 0.5) is 11.6 Å². The van der Waals surface area contributed by atoms with Crippen molar-refractivity contribution in [2.75, 3.05) is 0 Å². The molecule has 0 aliphatic carbocycles. The fourth-order valence-electron chi connectivity index (χ4n) is 2.67. The Balaban J connectivity index is 1.86. The Morgan fingerprint density at radius 1 is 1.08 bits per heavy atom. The normalized spacial score (nSPS) is 11.9. The number of aromatic amines is 2. The lowest BCUT2D eigenvalue weighted by Crippen LogP contribution is -2.36. The maximum absolute atomic E-state index is 12.1. The molecule has 126 valence electrons. The predicted molar refractivity (Wildman–Crippen MR) is 90.7 cm³/mol. The van der Waals surface area contributed by atoms with Crippen LogP contribution in [0.2, 0.25) is 0 Å². The number of aryl methyl sites for hydroxylation is 1. The molecule has 0 radical (unpaired) electrons. The van der Waals surface area contributed by atoms with Gasteiger partial charge in [-0.1, -0.05) is 18.2 Å². The van der Waals surface area contributed by atoms with Gasteiger partial charge in [0.2, 0.25) is 11.8 Å². The quantitative estimate of drug-likeness (QED) is 0.478. The second-order valence-corrected chi connectivity index (χ2v) is 5.53. The first-order valence-electron chi connectivity index (χ1n) is 7.34. The van der Waals surface area contributed by atoms with E-state index in [-0.39, 0.29) is 28.7 Å². The number of hydrogen-bond acceptors (Lipinski definition) is 6. The van der Waals surface area contributed by atoms with Gasteiger partial charge in [0.1, 0.15) is 0 Å². The van der Waals surface area contributed by atoms with Gasteiger partial charge in [-0.25, -0.2) is 4.79 Å². The maximum Gasteiger partial charge on any atom is 0.332 e. The zero-order chi connectivity index (χ0) is 17.7. The highest BCUT2D eigenvalue weighted by Crippen LogP contribution is 2.35. The molecule has 10 nitrogen and oxygen atoms in total. The molecule has 0 atom stereocenters. The van der Waals surface area contributed by atoms with Gasteiger partial charge < -0.3 is 15.1 Å². The van der Waals surface area contributed by atoms with Crippen molar-refractivity contribution in [3.05, 3.63) is 45.1 Å². The number of azo groups is 1. The third-order valence-electron chi connectivity index (χ3n) is 3.99. The van der Waals surface area contributed by atoms with E-state index in [9.17, 15) is 14.7 Å². The average Bonchev–Trinajstić information content (AvgIpc) is 3.17. The summed E-state index contributed by atoms with van der Waals surface area (Å²) in [6, 6.07) is 7.23. The van der Waals surface area contributed by atoms with Crippen molar-refractivity contribution < 1.29 is 5.11 Å². The van der Waals surface area contributed by atoms with Crippen molar-refractivity contribution in [2.24, 2.45) is 24.3 Å². The Hall–Kier alpha value is -3.69. The molecule has 0 fully saturated rings. The zero-order valence-corrected chi connectivity index (χ0v) is 13.3. The summed E-state index contributed by atoms with van der Waals surface area (Å²) >= 11 is 0. The first-order chi connectivity index (χ1) is 12.0. The van der Waals surface area contributed by atoms with E-state index in [1.165, 1.54) is 18.7 Å². The lowest BCUT2D eigenvalue weighted by atomic mass is 10.2. The van der Waals surface area contributed by atoms with E-state index >= 15 is 0 Å². The maximum atomic E-state index is 12.1. The molecule has 3 N–H and O–H groups in total. The summed E-state index contributed by atoms with van der Waals surface area (Å²) in [7, 11) is 2.90. The number of benzene rings is 1. The highest BCUT2D eigenvalue weighted by atomic mass is 16.3. The summed E-state index contributed by atoms with van der Waals surface area (Å²) in [6.45, 7) is 0. The van der Waals surface area contributed by atoms with Crippen molar-refractivity contribution in [1.82, 2.24) is 24.1 Å². The molecular formula is C15H13N7O3. The molecule has 4 aromatic rings. The lowest BCUT2D eigenvalue weighted by molar-refractivity contribution is 0.459. The van der Waals surface area contributed by atoms with Crippen LogP contribution in [0.15, 0.2) is 44.1 Å². The molecule has 0 spiro atoms. The van der Waals surface area contributed by atoms with Crippen LogP contribution < -0.4 is 11.2 Å². The van der Waals surface area contributed by atoms with Crippen LogP contribution in [0.3, 0.4) is 0 Å². The van der Waals surface area contributed by atoms with Crippen LogP contribution >= 0.6 is 0 Å². The van der Waals surface area contributed by atoms with Gasteiger partial charge in [0.15, 0.2) is 16.9 Å². The van der Waals surface area contributed by atoms with E-state index < -0.39 is 11.2 Å². The van der Waals surface area contributed by atoms with Crippen LogP contribution in [0.1, 0.15) is 0 Å². The summed E-state index contributed by atoms with van der Waals surface area (Å²) < 4.78 is 2.22. The van der Waals surface area contributed by atoms with E-state index in [0.29, 0.717) is 5.39 Å². The van der Waals surface area contributed by atoms with Crippen molar-refractivity contribution in [1.29, 1.82) is 0 Å². The molecule has 0 aliphatic heterocycles. The Bertz CT molecular complexity index is 1270. The third kappa shape index (κ3) is 2.15. The molecule has 3 aromatic heterocycles. The van der Waals surface area contributed by atoms with Gasteiger partial charge in [-0.3, -0.25) is 13.9 Å². The summed E-state index contributed by atoms with van der Waals surface area (Å²) in [4.78, 5) is 33.7. The number of aromatic nitrogens is 5. The lowest BCUT2D eigenvalue weighted by Gasteiger charge is -2.00. The predicted octanol–water partition coefficient (Wildman–Crippen LogP) is 1.56. The van der Waals surface area contributed by atoms with Crippen LogP contribution in [-0.4, -0.2) is 29.2 Å². The standard InChI is InChI=1S/C15H13N7O3/c1-21-11-10(13(24)22(2)15(21)25)17-14(18-11)20-19-9-7-5-3-4-6-8(7)16-12(9)23/h3-6,16,23H,1-2H3,(H,17,18). The van der Waals surface area contributed by atoms with Gasteiger partial charge in [-0.2, -0.15) is 4.98 Å². The van der Waals surface area contributed by atoms with E-state index in [1.54, 1.807) is 12.1 Å². The number of para-hydroxylation sites is 1. The molecule has 4 rings (SSSR count). The van der Waals surface area contributed by atoms with Gasteiger partial charge in [0.05, 0.1) is 5.52 Å². The van der Waals surface area contributed by atoms with E-state index in [4.69, 9.17) is 0 Å². The zero-order valence-electron chi connectivity index (χ0n) is 13.3. The molecule has 0 aliphatic rings. The number of aromatic hydroxyl groups is 1. The van der Waals surface area contributed by atoms with Crippen molar-refractivity contribution in [2.45, 2.75) is 0 Å². The van der Waals surface area contributed by atoms with Crippen molar-refractivity contribution >= 4 is 33.7 Å². The first-order valence-corrected chi connectivity index (χ1v) is 7.34. The number of imidazole rings is 1. The Morgan fingerprint density at radius 3 is 2.64 bits per heavy atom. The number of hydrogen-bond donors (Lipinski definition) is 3. The monoisotopic (exact) mass is 339 g/mol. The first kappa shape index (κ1) is 14.9. The van der Waals surface area contributed by atoms with Gasteiger partial charge in [-0.15, -0.1) is 10.2 Å². The van der Waals surface area contributed by atoms with Crippen LogP contribution in [0.25, 0.3) is 22.1 Å². The summed E-state index contributed by atoms with van der Waals surface area (Å²) in [6.07, 6.45) is 0. The van der Waals surface area contributed by atoms with Gasteiger partial charge in [0, 0.05) is 19.5 Å². The third-order valence-corrected chi connectivity index (χ3v) is 3.99. The topological polar surface area (TPSA) is 133 Å². The fraction of sp³-hybridized carbons (Fsp3) is 0.133. The Kier molecular flexibility index (Phi) is 3.07. The summed E-state index contributed by atoms with van der Waals surface area (Å²) in [5, 5.41) is 18.6. The fourth-order valence-corrected chi connectivity index (χ4v) is 2.67. The minimum Gasteiger partial charge on any atom is -0.493 e. The molecular weight excluding hydrogens is 326 g/mol. The van der Waals surface area contributed by atoms with Crippen LogP contribution in [0.5, 0.6) is 5.88 Å². The summed E-state index contributed by atoms with van der Waals surface area (Å²) in [5.41, 5.74) is 0.336.